The molecule has 0 unspecified atom stereocenters. The Kier molecular flexibility index (Phi) is 4.02. The van der Waals surface area contributed by atoms with Crippen molar-refractivity contribution in [2.75, 3.05) is 4.72 Å². The molecule has 0 bridgehead atoms. The maximum atomic E-state index is 12.3. The van der Waals surface area contributed by atoms with Gasteiger partial charge in [0, 0.05) is 12.4 Å². The molecule has 3 rings (SSSR count). The number of nitrogens with zero attached hydrogens (tertiary/aromatic N) is 4. The van der Waals surface area contributed by atoms with Crippen molar-refractivity contribution in [2.24, 2.45) is 0 Å². The second-order valence-electron chi connectivity index (χ2n) is 4.99. The third kappa shape index (κ3) is 3.11. The lowest BCUT2D eigenvalue weighted by molar-refractivity contribution is 0.601. The molecule has 0 saturated heterocycles. The summed E-state index contributed by atoms with van der Waals surface area (Å²) in [4.78, 5) is 8.44. The third-order valence-electron chi connectivity index (χ3n) is 3.37. The van der Waals surface area contributed by atoms with Gasteiger partial charge in [-0.05, 0) is 43.3 Å². The number of hydrogen-bond acceptors (Lipinski definition) is 5. The fourth-order valence-electron chi connectivity index (χ4n) is 2.13. The van der Waals surface area contributed by atoms with Crippen molar-refractivity contribution in [3.63, 3.8) is 0 Å². The van der Waals surface area contributed by atoms with Gasteiger partial charge < -0.3 is 0 Å². The Balaban J connectivity index is 1.82. The van der Waals surface area contributed by atoms with E-state index in [2.05, 4.69) is 14.7 Å². The van der Waals surface area contributed by atoms with Crippen molar-refractivity contribution in [3.05, 3.63) is 66.4 Å². The summed E-state index contributed by atoms with van der Waals surface area (Å²) in [5, 5.41) is 8.76. The molecule has 0 aliphatic heterocycles. The normalized spacial score (nSPS) is 11.0. The number of imidazole rings is 1. The van der Waals surface area contributed by atoms with Gasteiger partial charge in [0.1, 0.15) is 11.6 Å². The first-order valence-electron chi connectivity index (χ1n) is 6.99. The Morgan fingerprint density at radius 2 is 1.88 bits per heavy atom. The molecule has 120 valence electrons. The highest BCUT2D eigenvalue weighted by molar-refractivity contribution is 7.92. The zero-order valence-electron chi connectivity index (χ0n) is 12.7. The van der Waals surface area contributed by atoms with Crippen molar-refractivity contribution in [1.29, 1.82) is 5.26 Å². The lowest BCUT2D eigenvalue weighted by Gasteiger charge is -2.09. The average molecular weight is 339 g/mol. The van der Waals surface area contributed by atoms with E-state index in [-0.39, 0.29) is 4.90 Å². The van der Waals surface area contributed by atoms with E-state index >= 15 is 0 Å². The quantitative estimate of drug-likeness (QED) is 0.785. The largest absolute Gasteiger partial charge is 0.288 e. The summed E-state index contributed by atoms with van der Waals surface area (Å²) in [5.74, 6) is 1.43. The van der Waals surface area contributed by atoms with Crippen LogP contribution >= 0.6 is 0 Å². The van der Waals surface area contributed by atoms with Gasteiger partial charge in [-0.25, -0.2) is 18.4 Å². The van der Waals surface area contributed by atoms with Crippen LogP contribution in [0.4, 0.5) is 5.69 Å². The van der Waals surface area contributed by atoms with Crippen molar-refractivity contribution in [3.8, 4) is 11.9 Å². The van der Waals surface area contributed by atoms with E-state index in [9.17, 15) is 8.42 Å². The maximum Gasteiger partial charge on any atom is 0.261 e. The van der Waals surface area contributed by atoms with Gasteiger partial charge in [0.15, 0.2) is 0 Å². The Morgan fingerprint density at radius 1 is 1.12 bits per heavy atom. The van der Waals surface area contributed by atoms with Gasteiger partial charge in [-0.2, -0.15) is 5.26 Å². The monoisotopic (exact) mass is 339 g/mol. The summed E-state index contributed by atoms with van der Waals surface area (Å²) >= 11 is 0. The lowest BCUT2D eigenvalue weighted by Crippen LogP contribution is -2.13. The summed E-state index contributed by atoms with van der Waals surface area (Å²) in [6, 6.07) is 11.0. The van der Waals surface area contributed by atoms with Crippen LogP contribution in [-0.2, 0) is 10.0 Å². The first-order valence-corrected chi connectivity index (χ1v) is 8.47. The van der Waals surface area contributed by atoms with E-state index in [1.165, 1.54) is 30.5 Å². The number of pyridine rings is 1. The van der Waals surface area contributed by atoms with Crippen LogP contribution in [0.1, 0.15) is 11.4 Å². The summed E-state index contributed by atoms with van der Waals surface area (Å²) < 4.78 is 28.9. The van der Waals surface area contributed by atoms with E-state index in [0.717, 1.165) is 5.82 Å². The Labute approximate surface area is 139 Å². The molecule has 0 aliphatic rings. The van der Waals surface area contributed by atoms with E-state index in [1.54, 1.807) is 29.1 Å². The minimum Gasteiger partial charge on any atom is -0.288 e. The van der Waals surface area contributed by atoms with Crippen LogP contribution < -0.4 is 4.72 Å². The predicted octanol–water partition coefficient (Wildman–Crippen LogP) is 2.25. The number of rotatable bonds is 4. The number of anilines is 1. The summed E-state index contributed by atoms with van der Waals surface area (Å²) in [5.41, 5.74) is 0.747. The van der Waals surface area contributed by atoms with Crippen molar-refractivity contribution in [2.45, 2.75) is 11.8 Å². The van der Waals surface area contributed by atoms with Crippen LogP contribution in [0.25, 0.3) is 5.82 Å². The van der Waals surface area contributed by atoms with E-state index in [1.807, 2.05) is 13.0 Å². The first kappa shape index (κ1) is 15.7. The molecule has 0 aliphatic carbocycles. The number of nitrogens with one attached hydrogen (secondary N) is 1. The zero-order chi connectivity index (χ0) is 17.2. The number of aryl methyl sites for hydroxylation is 1. The molecule has 2 aromatic heterocycles. The first-order chi connectivity index (χ1) is 11.5. The molecule has 0 amide bonds. The fraction of sp³-hybridized carbons (Fsp3) is 0.0625. The highest BCUT2D eigenvalue weighted by atomic mass is 32.2. The predicted molar refractivity (Wildman–Crippen MR) is 88.1 cm³/mol. The minimum atomic E-state index is -3.73. The zero-order valence-corrected chi connectivity index (χ0v) is 13.5. The van der Waals surface area contributed by atoms with Gasteiger partial charge in [-0.3, -0.25) is 9.29 Å². The van der Waals surface area contributed by atoms with Crippen molar-refractivity contribution < 1.29 is 8.42 Å². The van der Waals surface area contributed by atoms with E-state index in [4.69, 9.17) is 5.26 Å². The fourth-order valence-corrected chi connectivity index (χ4v) is 3.18. The molecule has 2 heterocycles. The number of sulfonamides is 1. The summed E-state index contributed by atoms with van der Waals surface area (Å²) in [6.45, 7) is 1.85. The van der Waals surface area contributed by atoms with Crippen LogP contribution in [0.15, 0.2) is 59.9 Å². The van der Waals surface area contributed by atoms with Crippen LogP contribution in [0.2, 0.25) is 0 Å². The van der Waals surface area contributed by atoms with E-state index < -0.39 is 10.0 Å². The SMILES string of the molecule is Cc1nccn1-c1ccc(NS(=O)(=O)c2ccc(C#N)cc2)cn1. The molecule has 0 fully saturated rings. The number of nitriles is 1. The van der Waals surface area contributed by atoms with Gasteiger partial charge >= 0.3 is 0 Å². The number of aromatic nitrogens is 3. The minimum absolute atomic E-state index is 0.0797. The van der Waals surface area contributed by atoms with Gasteiger partial charge in [0.25, 0.3) is 10.0 Å². The molecule has 3 aromatic rings. The maximum absolute atomic E-state index is 12.3. The van der Waals surface area contributed by atoms with Crippen LogP contribution in [-0.4, -0.2) is 23.0 Å². The Morgan fingerprint density at radius 3 is 2.42 bits per heavy atom. The molecule has 0 atom stereocenters. The number of benzene rings is 1. The summed E-state index contributed by atoms with van der Waals surface area (Å²) in [6.07, 6.45) is 4.88. The average Bonchev–Trinajstić information content (AvgIpc) is 3.01. The lowest BCUT2D eigenvalue weighted by atomic mass is 10.2. The molecular weight excluding hydrogens is 326 g/mol. The Hall–Kier alpha value is -3.18. The molecule has 7 nitrogen and oxygen atoms in total. The van der Waals surface area contributed by atoms with Gasteiger partial charge in [0.05, 0.1) is 28.4 Å². The molecule has 8 heteroatoms. The third-order valence-corrected chi connectivity index (χ3v) is 4.76. The van der Waals surface area contributed by atoms with E-state index in [0.29, 0.717) is 17.1 Å². The van der Waals surface area contributed by atoms with Crippen molar-refractivity contribution >= 4 is 15.7 Å². The van der Waals surface area contributed by atoms with Crippen LogP contribution in [0.5, 0.6) is 0 Å². The highest BCUT2D eigenvalue weighted by Gasteiger charge is 2.14. The van der Waals surface area contributed by atoms with Crippen LogP contribution in [0, 0.1) is 18.3 Å². The molecule has 1 aromatic carbocycles. The topological polar surface area (TPSA) is 101 Å². The molecule has 0 spiro atoms. The molecule has 0 radical (unpaired) electrons. The van der Waals surface area contributed by atoms with Crippen LogP contribution in [0.3, 0.4) is 0 Å². The molecule has 0 saturated carbocycles. The molecule has 24 heavy (non-hydrogen) atoms. The smallest absolute Gasteiger partial charge is 0.261 e. The second-order valence-corrected chi connectivity index (χ2v) is 6.67. The van der Waals surface area contributed by atoms with Gasteiger partial charge in [-0.1, -0.05) is 0 Å². The van der Waals surface area contributed by atoms with Gasteiger partial charge in [-0.15, -0.1) is 0 Å². The number of hydrogen-bond donors (Lipinski definition) is 1. The van der Waals surface area contributed by atoms with Gasteiger partial charge in [0.2, 0.25) is 0 Å². The summed E-state index contributed by atoms with van der Waals surface area (Å²) in [7, 11) is -3.73. The Bertz CT molecular complexity index is 1000. The highest BCUT2D eigenvalue weighted by Crippen LogP contribution is 2.17. The van der Waals surface area contributed by atoms with Crippen molar-refractivity contribution in [1.82, 2.24) is 14.5 Å². The molecule has 1 N–H and O–H groups in total. The second kappa shape index (κ2) is 6.14. The molecular formula is C16H13N5O2S. The standard InChI is InChI=1S/C16H13N5O2S/c1-12-18-8-9-21(12)16-7-4-14(11-19-16)20-24(22,23)15-5-2-13(10-17)3-6-15/h2-9,11,20H,1H3.